The van der Waals surface area contributed by atoms with E-state index in [0.29, 0.717) is 20.6 Å². The topological polar surface area (TPSA) is 24.5 Å². The van der Waals surface area contributed by atoms with E-state index in [1.807, 2.05) is 0 Å². The average Bonchev–Trinajstić information content (AvgIpc) is 2.60. The highest BCUT2D eigenvalue weighted by molar-refractivity contribution is 6.43. The lowest BCUT2D eigenvalue weighted by molar-refractivity contribution is -0.274. The molecule has 1 atom stereocenters. The van der Waals surface area contributed by atoms with Gasteiger partial charge in [0, 0.05) is 31.2 Å². The van der Waals surface area contributed by atoms with Gasteiger partial charge in [-0.15, -0.1) is 38.0 Å². The molecule has 0 unspecified atom stereocenters. The van der Waals surface area contributed by atoms with Gasteiger partial charge in [0.25, 0.3) is 0 Å². The first-order valence-electron chi connectivity index (χ1n) is 8.19. The van der Waals surface area contributed by atoms with E-state index in [9.17, 15) is 13.2 Å². The van der Waals surface area contributed by atoms with Gasteiger partial charge in [-0.25, -0.2) is 0 Å². The maximum Gasteiger partial charge on any atom is 0.573 e. The molecule has 0 saturated carbocycles. The van der Waals surface area contributed by atoms with Crippen molar-refractivity contribution < 1.29 is 17.9 Å². The van der Waals surface area contributed by atoms with Crippen LogP contribution in [0, 0.1) is 0 Å². The zero-order chi connectivity index (χ0) is 19.6. The number of alkyl halides is 3. The van der Waals surface area contributed by atoms with E-state index in [0.717, 1.165) is 31.7 Å². The second kappa shape index (κ2) is 11.1. The number of hydrogen-bond donors (Lipinski definition) is 1. The van der Waals surface area contributed by atoms with E-state index < -0.39 is 6.36 Å². The van der Waals surface area contributed by atoms with Crippen molar-refractivity contribution in [3.63, 3.8) is 0 Å². The van der Waals surface area contributed by atoms with Crippen LogP contribution in [-0.4, -0.2) is 37.4 Å². The largest absolute Gasteiger partial charge is 0.573 e. The monoisotopic (exact) mass is 510 g/mol. The molecule has 0 radical (unpaired) electrons. The number of benzene rings is 2. The minimum Gasteiger partial charge on any atom is -0.406 e. The quantitative estimate of drug-likeness (QED) is 0.481. The van der Waals surface area contributed by atoms with Gasteiger partial charge >= 0.3 is 6.36 Å². The molecule has 2 aromatic rings. The predicted octanol–water partition coefficient (Wildman–Crippen LogP) is 6.38. The van der Waals surface area contributed by atoms with E-state index in [1.54, 1.807) is 24.3 Å². The molecule has 2 aromatic carbocycles. The lowest BCUT2D eigenvalue weighted by Crippen LogP contribution is -2.45. The smallest absolute Gasteiger partial charge is 0.406 e. The molecule has 3 nitrogen and oxygen atoms in total. The summed E-state index contributed by atoms with van der Waals surface area (Å²) in [6.07, 6.45) is -4.73. The fourth-order valence-corrected chi connectivity index (χ4v) is 3.88. The molecule has 1 fully saturated rings. The van der Waals surface area contributed by atoms with Crippen LogP contribution in [0.3, 0.4) is 0 Å². The Morgan fingerprint density at radius 3 is 2.10 bits per heavy atom. The SMILES string of the molecule is Cl.Cl.FC(F)(F)Oc1ccc([C@H](c2cc(Cl)cc(Cl)c2Cl)N2CCNCC2)cc1. The molecule has 29 heavy (non-hydrogen) atoms. The predicted molar refractivity (Wildman–Crippen MR) is 115 cm³/mol. The van der Waals surface area contributed by atoms with Crippen LogP contribution in [0.15, 0.2) is 36.4 Å². The zero-order valence-electron chi connectivity index (χ0n) is 14.8. The number of ether oxygens (including phenoxy) is 1. The van der Waals surface area contributed by atoms with Crippen LogP contribution in [0.5, 0.6) is 5.75 Å². The van der Waals surface area contributed by atoms with Crippen molar-refractivity contribution in [2.75, 3.05) is 26.2 Å². The summed E-state index contributed by atoms with van der Waals surface area (Å²) in [5.74, 6) is -0.277. The summed E-state index contributed by atoms with van der Waals surface area (Å²) in [7, 11) is 0. The Morgan fingerprint density at radius 1 is 0.966 bits per heavy atom. The Labute approximate surface area is 194 Å². The molecule has 0 bridgehead atoms. The minimum absolute atomic E-state index is 0. The van der Waals surface area contributed by atoms with Crippen LogP contribution in [0.1, 0.15) is 17.2 Å². The standard InChI is InChI=1S/C18H16Cl3F3N2O.2ClH/c19-12-9-14(16(21)15(20)10-12)17(26-7-5-25-6-8-26)11-1-3-13(4-2-11)27-18(22,23)24;;/h1-4,9-10,17,25H,5-8H2;2*1H/t17-;;/m1../s1. The molecule has 0 amide bonds. The molecule has 1 aliphatic heterocycles. The van der Waals surface area contributed by atoms with Crippen molar-refractivity contribution in [1.82, 2.24) is 10.2 Å². The first-order valence-corrected chi connectivity index (χ1v) is 9.33. The van der Waals surface area contributed by atoms with Crippen molar-refractivity contribution in [3.8, 4) is 5.75 Å². The Hall–Kier alpha value is -0.600. The molecular formula is C18H18Cl5F3N2O. The molecule has 0 spiro atoms. The van der Waals surface area contributed by atoms with Crippen LogP contribution in [0.25, 0.3) is 0 Å². The van der Waals surface area contributed by atoms with Crippen molar-refractivity contribution >= 4 is 59.6 Å². The third-order valence-electron chi connectivity index (χ3n) is 4.26. The van der Waals surface area contributed by atoms with Crippen LogP contribution in [0.2, 0.25) is 15.1 Å². The van der Waals surface area contributed by atoms with Crippen LogP contribution in [0.4, 0.5) is 13.2 Å². The molecule has 1 heterocycles. The van der Waals surface area contributed by atoms with E-state index in [1.165, 1.54) is 12.1 Å². The van der Waals surface area contributed by atoms with Crippen LogP contribution < -0.4 is 10.1 Å². The van der Waals surface area contributed by atoms with Crippen molar-refractivity contribution in [3.05, 3.63) is 62.6 Å². The van der Waals surface area contributed by atoms with Crippen LogP contribution >= 0.6 is 59.6 Å². The fraction of sp³-hybridized carbons (Fsp3) is 0.333. The molecule has 11 heteroatoms. The molecule has 1 aliphatic rings. The lowest BCUT2D eigenvalue weighted by atomic mass is 9.96. The zero-order valence-corrected chi connectivity index (χ0v) is 18.7. The molecule has 162 valence electrons. The highest BCUT2D eigenvalue weighted by Gasteiger charge is 2.31. The number of rotatable bonds is 4. The Morgan fingerprint density at radius 2 is 1.55 bits per heavy atom. The summed E-state index contributed by atoms with van der Waals surface area (Å²) in [6, 6.07) is 8.77. The molecule has 0 aliphatic carbocycles. The Bertz CT molecular complexity index is 799. The minimum atomic E-state index is -4.73. The maximum absolute atomic E-state index is 12.4. The fourth-order valence-electron chi connectivity index (χ4n) is 3.15. The third kappa shape index (κ3) is 6.96. The first-order chi connectivity index (χ1) is 12.7. The van der Waals surface area contributed by atoms with Crippen molar-refractivity contribution in [1.29, 1.82) is 0 Å². The average molecular weight is 513 g/mol. The molecular weight excluding hydrogens is 494 g/mol. The normalized spacial score (nSPS) is 15.8. The Kier molecular flexibility index (Phi) is 10.2. The number of nitrogens with one attached hydrogen (secondary N) is 1. The second-order valence-electron chi connectivity index (χ2n) is 6.10. The third-order valence-corrected chi connectivity index (χ3v) is 5.30. The summed E-state index contributed by atoms with van der Waals surface area (Å²) in [4.78, 5) is 2.18. The van der Waals surface area contributed by atoms with Gasteiger partial charge in [0.15, 0.2) is 0 Å². The molecule has 1 N–H and O–H groups in total. The van der Waals surface area contributed by atoms with Gasteiger partial charge in [-0.05, 0) is 35.4 Å². The summed E-state index contributed by atoms with van der Waals surface area (Å²) in [5, 5.41) is 4.42. The first kappa shape index (κ1) is 26.4. The van der Waals surface area contributed by atoms with Gasteiger partial charge in [0.2, 0.25) is 0 Å². The maximum atomic E-state index is 12.4. The summed E-state index contributed by atoms with van der Waals surface area (Å²) >= 11 is 18.8. The van der Waals surface area contributed by atoms with Gasteiger partial charge in [-0.1, -0.05) is 46.9 Å². The second-order valence-corrected chi connectivity index (χ2v) is 7.32. The number of halogens is 8. The number of piperazine rings is 1. The highest BCUT2D eigenvalue weighted by Crippen LogP contribution is 2.39. The van der Waals surface area contributed by atoms with E-state index >= 15 is 0 Å². The highest BCUT2D eigenvalue weighted by atomic mass is 35.5. The van der Waals surface area contributed by atoms with Crippen molar-refractivity contribution in [2.24, 2.45) is 0 Å². The van der Waals surface area contributed by atoms with E-state index in [-0.39, 0.29) is 36.6 Å². The van der Waals surface area contributed by atoms with E-state index in [2.05, 4.69) is 15.0 Å². The molecule has 1 saturated heterocycles. The number of nitrogens with zero attached hydrogens (tertiary/aromatic N) is 1. The van der Waals surface area contributed by atoms with Crippen molar-refractivity contribution in [2.45, 2.75) is 12.4 Å². The number of hydrogen-bond acceptors (Lipinski definition) is 3. The van der Waals surface area contributed by atoms with Crippen LogP contribution in [-0.2, 0) is 0 Å². The van der Waals surface area contributed by atoms with E-state index in [4.69, 9.17) is 34.8 Å². The molecule has 0 aromatic heterocycles. The van der Waals surface area contributed by atoms with Gasteiger partial charge in [0.05, 0.1) is 16.1 Å². The summed E-state index contributed by atoms with van der Waals surface area (Å²) in [5.41, 5.74) is 1.48. The summed E-state index contributed by atoms with van der Waals surface area (Å²) < 4.78 is 41.2. The summed E-state index contributed by atoms with van der Waals surface area (Å²) in [6.45, 7) is 3.06. The molecule has 3 rings (SSSR count). The lowest BCUT2D eigenvalue weighted by Gasteiger charge is -2.36. The Balaban J connectivity index is 0.00000210. The van der Waals surface area contributed by atoms with Gasteiger partial charge < -0.3 is 10.1 Å². The van der Waals surface area contributed by atoms with Gasteiger partial charge in [-0.3, -0.25) is 4.90 Å². The van der Waals surface area contributed by atoms with Gasteiger partial charge in [0.1, 0.15) is 5.75 Å². The van der Waals surface area contributed by atoms with Gasteiger partial charge in [-0.2, -0.15) is 0 Å².